The van der Waals surface area contributed by atoms with Crippen LogP contribution in [0.5, 0.6) is 5.75 Å². The Morgan fingerprint density at radius 3 is 2.06 bits per heavy atom. The third-order valence-electron chi connectivity index (χ3n) is 3.10. The molecule has 16 heavy (non-hydrogen) atoms. The molecule has 1 atom stereocenters. The summed E-state index contributed by atoms with van der Waals surface area (Å²) in [5.74, 6) is 0.673. The van der Waals surface area contributed by atoms with Crippen LogP contribution in [0.4, 0.5) is 0 Å². The van der Waals surface area contributed by atoms with Gasteiger partial charge in [0.15, 0.2) is 0 Å². The summed E-state index contributed by atoms with van der Waals surface area (Å²) in [7, 11) is 1.60. The zero-order valence-corrected chi connectivity index (χ0v) is 11.9. The van der Waals surface area contributed by atoms with Crippen molar-refractivity contribution < 1.29 is 4.74 Å². The summed E-state index contributed by atoms with van der Waals surface area (Å²) in [5, 5.41) is 0.594. The minimum absolute atomic E-state index is 0.0491. The molecule has 0 aliphatic heterocycles. The van der Waals surface area contributed by atoms with Gasteiger partial charge in [0.1, 0.15) is 5.75 Å². The van der Waals surface area contributed by atoms with E-state index in [2.05, 4.69) is 20.8 Å². The molecule has 0 saturated carbocycles. The molecule has 0 aromatic heterocycles. The summed E-state index contributed by atoms with van der Waals surface area (Å²) in [6, 6.07) is 5.69. The standard InChI is InChI=1S/C13H18Cl2O/c1-12(2,3)13(4,15)9-6-7-11(16-5)10(14)8-9/h6-8H,1-5H3. The van der Waals surface area contributed by atoms with Crippen LogP contribution in [-0.4, -0.2) is 7.11 Å². The van der Waals surface area contributed by atoms with E-state index in [9.17, 15) is 0 Å². The molecule has 0 heterocycles. The first-order chi connectivity index (χ1) is 7.20. The monoisotopic (exact) mass is 260 g/mol. The molecule has 0 radical (unpaired) electrons. The molecule has 0 fully saturated rings. The molecule has 1 aromatic rings. The van der Waals surface area contributed by atoms with E-state index in [0.29, 0.717) is 10.8 Å². The molecule has 0 saturated heterocycles. The fourth-order valence-corrected chi connectivity index (χ4v) is 1.77. The van der Waals surface area contributed by atoms with E-state index in [1.165, 1.54) is 0 Å². The van der Waals surface area contributed by atoms with Crippen molar-refractivity contribution in [3.63, 3.8) is 0 Å². The molecule has 1 unspecified atom stereocenters. The maximum atomic E-state index is 6.61. The van der Waals surface area contributed by atoms with Gasteiger partial charge in [0.2, 0.25) is 0 Å². The first-order valence-electron chi connectivity index (χ1n) is 5.23. The number of hydrogen-bond acceptors (Lipinski definition) is 1. The van der Waals surface area contributed by atoms with Crippen LogP contribution in [-0.2, 0) is 4.87 Å². The smallest absolute Gasteiger partial charge is 0.137 e. The van der Waals surface area contributed by atoms with Gasteiger partial charge in [0, 0.05) is 0 Å². The van der Waals surface area contributed by atoms with Crippen molar-refractivity contribution in [2.75, 3.05) is 7.11 Å². The molecule has 90 valence electrons. The largest absolute Gasteiger partial charge is 0.495 e. The van der Waals surface area contributed by atoms with E-state index in [1.807, 2.05) is 25.1 Å². The van der Waals surface area contributed by atoms with Crippen molar-refractivity contribution in [3.05, 3.63) is 28.8 Å². The Hall–Kier alpha value is -0.400. The summed E-state index contributed by atoms with van der Waals surface area (Å²) in [5.41, 5.74) is 0.958. The van der Waals surface area contributed by atoms with Crippen LogP contribution in [0.2, 0.25) is 5.02 Å². The third-order valence-corrected chi connectivity index (χ3v) is 4.18. The Morgan fingerprint density at radius 1 is 1.12 bits per heavy atom. The average molecular weight is 261 g/mol. The Kier molecular flexibility index (Phi) is 3.81. The molecule has 0 N–H and O–H groups in total. The second kappa shape index (κ2) is 4.46. The molecule has 0 aliphatic rings. The van der Waals surface area contributed by atoms with Gasteiger partial charge >= 0.3 is 0 Å². The summed E-state index contributed by atoms with van der Waals surface area (Å²) in [6.07, 6.45) is 0. The van der Waals surface area contributed by atoms with Gasteiger partial charge in [-0.25, -0.2) is 0 Å². The quantitative estimate of drug-likeness (QED) is 0.691. The highest BCUT2D eigenvalue weighted by atomic mass is 35.5. The van der Waals surface area contributed by atoms with Crippen LogP contribution in [0.15, 0.2) is 18.2 Å². The molecule has 3 heteroatoms. The lowest BCUT2D eigenvalue weighted by molar-refractivity contribution is 0.296. The molecule has 0 amide bonds. The lowest BCUT2D eigenvalue weighted by Gasteiger charge is -2.37. The SMILES string of the molecule is COc1ccc(C(C)(Cl)C(C)(C)C)cc1Cl. The van der Waals surface area contributed by atoms with E-state index in [-0.39, 0.29) is 5.41 Å². The fraction of sp³-hybridized carbons (Fsp3) is 0.538. The van der Waals surface area contributed by atoms with Gasteiger partial charge in [-0.2, -0.15) is 0 Å². The lowest BCUT2D eigenvalue weighted by atomic mass is 9.77. The predicted octanol–water partition coefficient (Wildman–Crippen LogP) is 4.85. The number of methoxy groups -OCH3 is 1. The molecule has 0 aliphatic carbocycles. The predicted molar refractivity (Wildman–Crippen MR) is 70.7 cm³/mol. The molecule has 0 spiro atoms. The minimum atomic E-state index is -0.455. The zero-order chi connectivity index (χ0) is 12.6. The van der Waals surface area contributed by atoms with E-state index in [4.69, 9.17) is 27.9 Å². The minimum Gasteiger partial charge on any atom is -0.495 e. The number of benzene rings is 1. The van der Waals surface area contributed by atoms with Gasteiger partial charge in [-0.1, -0.05) is 38.4 Å². The van der Waals surface area contributed by atoms with Crippen LogP contribution in [0.3, 0.4) is 0 Å². The van der Waals surface area contributed by atoms with Crippen molar-refractivity contribution in [2.24, 2.45) is 5.41 Å². The first kappa shape index (κ1) is 13.7. The van der Waals surface area contributed by atoms with Crippen molar-refractivity contribution in [1.29, 1.82) is 0 Å². The van der Waals surface area contributed by atoms with E-state index in [1.54, 1.807) is 7.11 Å². The van der Waals surface area contributed by atoms with E-state index < -0.39 is 4.87 Å². The van der Waals surface area contributed by atoms with Gasteiger partial charge in [0.25, 0.3) is 0 Å². The van der Waals surface area contributed by atoms with Gasteiger partial charge in [-0.15, -0.1) is 11.6 Å². The average Bonchev–Trinajstić information content (AvgIpc) is 2.15. The third kappa shape index (κ3) is 2.46. The zero-order valence-electron chi connectivity index (χ0n) is 10.4. The number of rotatable bonds is 2. The maximum absolute atomic E-state index is 6.61. The Labute approximate surface area is 108 Å². The molecule has 1 nitrogen and oxygen atoms in total. The molecular weight excluding hydrogens is 243 g/mol. The van der Waals surface area contributed by atoms with Crippen LogP contribution in [0.1, 0.15) is 33.3 Å². The first-order valence-corrected chi connectivity index (χ1v) is 5.98. The molecule has 1 rings (SSSR count). The number of ether oxygens (including phenoxy) is 1. The second-order valence-electron chi connectivity index (χ2n) is 5.10. The van der Waals surface area contributed by atoms with Crippen LogP contribution in [0, 0.1) is 5.41 Å². The fourth-order valence-electron chi connectivity index (χ4n) is 1.39. The second-order valence-corrected chi connectivity index (χ2v) is 6.27. The molecule has 0 bridgehead atoms. The summed E-state index contributed by atoms with van der Waals surface area (Å²) in [6.45, 7) is 8.33. The topological polar surface area (TPSA) is 9.23 Å². The summed E-state index contributed by atoms with van der Waals surface area (Å²) < 4.78 is 5.12. The van der Waals surface area contributed by atoms with E-state index >= 15 is 0 Å². The van der Waals surface area contributed by atoms with Crippen LogP contribution in [0.25, 0.3) is 0 Å². The Morgan fingerprint density at radius 2 is 1.69 bits per heavy atom. The maximum Gasteiger partial charge on any atom is 0.137 e. The highest BCUT2D eigenvalue weighted by Crippen LogP contribution is 2.46. The molecular formula is C13H18Cl2O. The Bertz CT molecular complexity index is 378. The van der Waals surface area contributed by atoms with Crippen LogP contribution < -0.4 is 4.74 Å². The molecule has 1 aromatic carbocycles. The summed E-state index contributed by atoms with van der Waals surface area (Å²) in [4.78, 5) is -0.455. The van der Waals surface area contributed by atoms with Gasteiger partial charge in [-0.05, 0) is 30.0 Å². The van der Waals surface area contributed by atoms with Gasteiger partial charge in [-0.3, -0.25) is 0 Å². The lowest BCUT2D eigenvalue weighted by Crippen LogP contribution is -2.31. The van der Waals surface area contributed by atoms with Crippen LogP contribution >= 0.6 is 23.2 Å². The van der Waals surface area contributed by atoms with Crippen molar-refractivity contribution in [2.45, 2.75) is 32.6 Å². The Balaban J connectivity index is 3.20. The van der Waals surface area contributed by atoms with Gasteiger partial charge in [0.05, 0.1) is 17.0 Å². The highest BCUT2D eigenvalue weighted by Gasteiger charge is 2.37. The van der Waals surface area contributed by atoms with Gasteiger partial charge < -0.3 is 4.74 Å². The van der Waals surface area contributed by atoms with Crippen molar-refractivity contribution >= 4 is 23.2 Å². The van der Waals surface area contributed by atoms with E-state index in [0.717, 1.165) is 5.56 Å². The van der Waals surface area contributed by atoms with Crippen molar-refractivity contribution in [1.82, 2.24) is 0 Å². The summed E-state index contributed by atoms with van der Waals surface area (Å²) >= 11 is 12.7. The highest BCUT2D eigenvalue weighted by molar-refractivity contribution is 6.32. The number of halogens is 2. The van der Waals surface area contributed by atoms with Crippen molar-refractivity contribution in [3.8, 4) is 5.75 Å². The normalized spacial score (nSPS) is 15.7. The number of hydrogen-bond donors (Lipinski definition) is 0. The number of alkyl halides is 1.